The van der Waals surface area contributed by atoms with E-state index >= 15 is 0 Å². The Bertz CT molecular complexity index is 950. The summed E-state index contributed by atoms with van der Waals surface area (Å²) in [5.41, 5.74) is 0.813. The number of nitrogens with zero attached hydrogens (tertiary/aromatic N) is 3. The number of piperidine rings is 1. The minimum atomic E-state index is -3.30. The molecule has 1 saturated heterocycles. The van der Waals surface area contributed by atoms with Crippen LogP contribution in [0.1, 0.15) is 38.1 Å². The summed E-state index contributed by atoms with van der Waals surface area (Å²) in [7, 11) is -3.30. The molecule has 7 nitrogen and oxygen atoms in total. The molecule has 1 aromatic heterocycles. The fourth-order valence-corrected chi connectivity index (χ4v) is 4.31. The maximum atomic E-state index is 12.6. The van der Waals surface area contributed by atoms with Crippen molar-refractivity contribution < 1.29 is 17.9 Å². The van der Waals surface area contributed by atoms with Crippen LogP contribution in [-0.4, -0.2) is 53.6 Å². The van der Waals surface area contributed by atoms with Gasteiger partial charge in [0.25, 0.3) is 0 Å². The first-order chi connectivity index (χ1) is 13.8. The summed E-state index contributed by atoms with van der Waals surface area (Å²) in [6, 6.07) is 8.36. The van der Waals surface area contributed by atoms with E-state index < -0.39 is 15.1 Å². The van der Waals surface area contributed by atoms with E-state index in [-0.39, 0.29) is 18.4 Å². The summed E-state index contributed by atoms with van der Waals surface area (Å²) in [5, 5.41) is -0.468. The second kappa shape index (κ2) is 8.90. The van der Waals surface area contributed by atoms with E-state index in [0.717, 1.165) is 18.4 Å². The lowest BCUT2D eigenvalue weighted by atomic mass is 10.1. The molecule has 2 aromatic rings. The number of likely N-dealkylation sites (tertiary alicyclic amines) is 1. The molecule has 3 rings (SSSR count). The smallest absolute Gasteiger partial charge is 0.226 e. The molecule has 0 radical (unpaired) electrons. The van der Waals surface area contributed by atoms with Gasteiger partial charge in [-0.1, -0.05) is 12.1 Å². The Morgan fingerprint density at radius 3 is 2.41 bits per heavy atom. The molecule has 1 amide bonds. The summed E-state index contributed by atoms with van der Waals surface area (Å²) in [6.45, 7) is 6.40. The zero-order valence-electron chi connectivity index (χ0n) is 17.0. The Labute approximate surface area is 172 Å². The first kappa shape index (κ1) is 21.2. The van der Waals surface area contributed by atoms with Crippen LogP contribution in [0, 0.1) is 6.92 Å². The number of carbonyl (C=O) groups excluding carboxylic acids is 1. The molecule has 2 heterocycles. The maximum Gasteiger partial charge on any atom is 0.226 e. The van der Waals surface area contributed by atoms with Gasteiger partial charge in [0, 0.05) is 38.2 Å². The number of carbonyl (C=O) groups is 1. The van der Waals surface area contributed by atoms with Crippen molar-refractivity contribution in [3.63, 3.8) is 0 Å². The minimum absolute atomic E-state index is 0.0360. The highest BCUT2D eigenvalue weighted by Crippen LogP contribution is 2.19. The average Bonchev–Trinajstić information content (AvgIpc) is 2.69. The van der Waals surface area contributed by atoms with Gasteiger partial charge in [-0.2, -0.15) is 4.98 Å². The molecule has 1 aliphatic heterocycles. The minimum Gasteiger partial charge on any atom is -0.474 e. The van der Waals surface area contributed by atoms with E-state index in [4.69, 9.17) is 4.74 Å². The van der Waals surface area contributed by atoms with Crippen molar-refractivity contribution in [2.45, 2.75) is 56.3 Å². The van der Waals surface area contributed by atoms with Gasteiger partial charge < -0.3 is 9.64 Å². The van der Waals surface area contributed by atoms with E-state index in [2.05, 4.69) is 9.97 Å². The first-order valence-corrected chi connectivity index (χ1v) is 11.4. The molecule has 1 aromatic carbocycles. The number of benzene rings is 1. The summed E-state index contributed by atoms with van der Waals surface area (Å²) in [5.74, 6) is 1.28. The predicted octanol–water partition coefficient (Wildman–Crippen LogP) is 2.58. The Morgan fingerprint density at radius 1 is 1.17 bits per heavy atom. The van der Waals surface area contributed by atoms with Gasteiger partial charge in [-0.15, -0.1) is 0 Å². The first-order valence-electron chi connectivity index (χ1n) is 9.82. The van der Waals surface area contributed by atoms with Crippen LogP contribution in [0.2, 0.25) is 0 Å². The molecular formula is C21H27N3O4S. The Kier molecular flexibility index (Phi) is 6.52. The van der Waals surface area contributed by atoms with Gasteiger partial charge in [0.05, 0.1) is 16.6 Å². The van der Waals surface area contributed by atoms with E-state index in [1.807, 2.05) is 11.8 Å². The van der Waals surface area contributed by atoms with Crippen molar-refractivity contribution in [2.24, 2.45) is 0 Å². The molecule has 0 aliphatic carbocycles. The number of hydrogen-bond acceptors (Lipinski definition) is 6. The monoisotopic (exact) mass is 417 g/mol. The molecule has 0 saturated carbocycles. The van der Waals surface area contributed by atoms with Gasteiger partial charge in [-0.25, -0.2) is 13.4 Å². The highest BCUT2D eigenvalue weighted by Gasteiger charge is 2.25. The Balaban J connectivity index is 1.52. The third-order valence-corrected chi connectivity index (χ3v) is 7.23. The van der Waals surface area contributed by atoms with Crippen molar-refractivity contribution in [2.75, 3.05) is 13.1 Å². The van der Waals surface area contributed by atoms with E-state index in [1.54, 1.807) is 50.4 Å². The van der Waals surface area contributed by atoms with Crippen LogP contribution in [0.3, 0.4) is 0 Å². The van der Waals surface area contributed by atoms with Crippen LogP contribution in [0.5, 0.6) is 5.88 Å². The molecule has 0 atom stereocenters. The number of amides is 1. The molecule has 0 spiro atoms. The summed E-state index contributed by atoms with van der Waals surface area (Å²) >= 11 is 0. The highest BCUT2D eigenvalue weighted by molar-refractivity contribution is 7.92. The van der Waals surface area contributed by atoms with Gasteiger partial charge in [0.1, 0.15) is 11.9 Å². The lowest BCUT2D eigenvalue weighted by Gasteiger charge is -2.32. The molecular weight excluding hydrogens is 390 g/mol. The van der Waals surface area contributed by atoms with Gasteiger partial charge in [0.2, 0.25) is 11.8 Å². The van der Waals surface area contributed by atoms with E-state index in [1.165, 1.54) is 0 Å². The zero-order chi connectivity index (χ0) is 21.0. The third-order valence-electron chi connectivity index (χ3n) is 5.06. The molecule has 0 N–H and O–H groups in total. The molecule has 1 fully saturated rings. The SMILES string of the molecule is Cc1nccc(OC2CCN(C(=O)Cc3ccc(S(=O)(=O)C(C)C)cc3)CC2)n1. The quantitative estimate of drug-likeness (QED) is 0.718. The van der Waals surface area contributed by atoms with Crippen LogP contribution in [0.25, 0.3) is 0 Å². The van der Waals surface area contributed by atoms with Gasteiger partial charge >= 0.3 is 0 Å². The summed E-state index contributed by atoms with van der Waals surface area (Å²) in [6.07, 6.45) is 3.47. The van der Waals surface area contributed by atoms with Gasteiger partial charge in [-0.05, 0) is 38.5 Å². The molecule has 1 aliphatic rings. The predicted molar refractivity (Wildman–Crippen MR) is 109 cm³/mol. The lowest BCUT2D eigenvalue weighted by molar-refractivity contribution is -0.132. The largest absolute Gasteiger partial charge is 0.474 e. The topological polar surface area (TPSA) is 89.5 Å². The van der Waals surface area contributed by atoms with Crippen LogP contribution >= 0.6 is 0 Å². The lowest BCUT2D eigenvalue weighted by Crippen LogP contribution is -2.42. The second-order valence-corrected chi connectivity index (χ2v) is 10.1. The van der Waals surface area contributed by atoms with Crippen molar-refractivity contribution in [1.29, 1.82) is 0 Å². The highest BCUT2D eigenvalue weighted by atomic mass is 32.2. The van der Waals surface area contributed by atoms with Crippen molar-refractivity contribution in [3.8, 4) is 5.88 Å². The summed E-state index contributed by atoms with van der Waals surface area (Å²) in [4.78, 5) is 23.1. The number of sulfone groups is 1. The normalized spacial score (nSPS) is 15.5. The molecule has 29 heavy (non-hydrogen) atoms. The van der Waals surface area contributed by atoms with Crippen molar-refractivity contribution in [3.05, 3.63) is 47.9 Å². The fraction of sp³-hybridized carbons (Fsp3) is 0.476. The fourth-order valence-electron chi connectivity index (χ4n) is 3.25. The van der Waals surface area contributed by atoms with Crippen LogP contribution in [-0.2, 0) is 21.1 Å². The number of aromatic nitrogens is 2. The second-order valence-electron chi connectivity index (χ2n) is 7.55. The Morgan fingerprint density at radius 2 is 1.83 bits per heavy atom. The van der Waals surface area contributed by atoms with Crippen LogP contribution in [0.4, 0.5) is 0 Å². The Hall–Kier alpha value is -2.48. The van der Waals surface area contributed by atoms with Gasteiger partial charge in [-0.3, -0.25) is 4.79 Å². The number of aryl methyl sites for hydroxylation is 1. The standard InChI is InChI=1S/C21H27N3O4S/c1-15(2)29(26,27)19-6-4-17(5-7-19)14-21(25)24-12-9-18(10-13-24)28-20-8-11-22-16(3)23-20/h4-8,11,15,18H,9-10,12-14H2,1-3H3. The molecule has 0 unspecified atom stereocenters. The number of rotatable bonds is 6. The zero-order valence-corrected chi connectivity index (χ0v) is 17.9. The van der Waals surface area contributed by atoms with Crippen LogP contribution in [0.15, 0.2) is 41.4 Å². The number of hydrogen-bond donors (Lipinski definition) is 0. The van der Waals surface area contributed by atoms with Crippen LogP contribution < -0.4 is 4.74 Å². The third kappa shape index (κ3) is 5.32. The molecule has 156 valence electrons. The van der Waals surface area contributed by atoms with E-state index in [0.29, 0.717) is 29.7 Å². The number of ether oxygens (including phenoxy) is 1. The molecule has 8 heteroatoms. The maximum absolute atomic E-state index is 12.6. The van der Waals surface area contributed by atoms with Crippen molar-refractivity contribution >= 4 is 15.7 Å². The van der Waals surface area contributed by atoms with Gasteiger partial charge in [0.15, 0.2) is 9.84 Å². The van der Waals surface area contributed by atoms with Crippen molar-refractivity contribution in [1.82, 2.24) is 14.9 Å². The average molecular weight is 418 g/mol. The molecule has 0 bridgehead atoms. The summed E-state index contributed by atoms with van der Waals surface area (Å²) < 4.78 is 30.3. The van der Waals surface area contributed by atoms with E-state index in [9.17, 15) is 13.2 Å².